The van der Waals surface area contributed by atoms with Crippen LogP contribution >= 0.6 is 11.3 Å². The van der Waals surface area contributed by atoms with Crippen LogP contribution in [0.25, 0.3) is 0 Å². The van der Waals surface area contributed by atoms with Crippen LogP contribution in [0.2, 0.25) is 0 Å². The predicted octanol–water partition coefficient (Wildman–Crippen LogP) is 1.30. The van der Waals surface area contributed by atoms with Gasteiger partial charge in [0.15, 0.2) is 0 Å². The number of carbonyl (C=O) groups excluding carboxylic acids is 1. The second-order valence-electron chi connectivity index (χ2n) is 2.41. The molecule has 0 aliphatic rings. The van der Waals surface area contributed by atoms with Crippen molar-refractivity contribution in [1.82, 2.24) is 5.32 Å². The van der Waals surface area contributed by atoms with Crippen LogP contribution in [0.15, 0.2) is 16.8 Å². The van der Waals surface area contributed by atoms with Gasteiger partial charge < -0.3 is 10.6 Å². The van der Waals surface area contributed by atoms with Crippen molar-refractivity contribution in [2.24, 2.45) is 0 Å². The van der Waals surface area contributed by atoms with Gasteiger partial charge in [0.05, 0.1) is 5.69 Å². The maximum atomic E-state index is 11.1. The van der Waals surface area contributed by atoms with Crippen LogP contribution in [-0.4, -0.2) is 19.5 Å². The number of rotatable bonds is 4. The van der Waals surface area contributed by atoms with Crippen LogP contribution < -0.4 is 10.6 Å². The van der Waals surface area contributed by atoms with Crippen LogP contribution in [0.1, 0.15) is 6.42 Å². The number of thiophene rings is 1. The summed E-state index contributed by atoms with van der Waals surface area (Å²) in [5, 5.41) is 9.56. The molecule has 0 saturated carbocycles. The molecule has 0 spiro atoms. The molecule has 0 saturated heterocycles. The van der Waals surface area contributed by atoms with E-state index in [1.807, 2.05) is 23.9 Å². The van der Waals surface area contributed by atoms with Gasteiger partial charge in [0.2, 0.25) is 5.91 Å². The lowest BCUT2D eigenvalue weighted by Crippen LogP contribution is -2.18. The van der Waals surface area contributed by atoms with Gasteiger partial charge in [-0.2, -0.15) is 11.3 Å². The summed E-state index contributed by atoms with van der Waals surface area (Å²) in [5.74, 6) is 0.0581. The van der Waals surface area contributed by atoms with E-state index in [2.05, 4.69) is 10.6 Å². The van der Waals surface area contributed by atoms with Crippen LogP contribution in [0.3, 0.4) is 0 Å². The predicted molar refractivity (Wildman–Crippen MR) is 51.5 cm³/mol. The second-order valence-corrected chi connectivity index (χ2v) is 3.19. The number of amides is 1. The Labute approximate surface area is 75.8 Å². The summed E-state index contributed by atoms with van der Waals surface area (Å²) in [6, 6.07) is 1.89. The van der Waals surface area contributed by atoms with Gasteiger partial charge in [-0.15, -0.1) is 0 Å². The zero-order valence-corrected chi connectivity index (χ0v) is 7.78. The molecule has 12 heavy (non-hydrogen) atoms. The van der Waals surface area contributed by atoms with Crippen LogP contribution in [0.4, 0.5) is 5.69 Å². The van der Waals surface area contributed by atoms with Gasteiger partial charge >= 0.3 is 0 Å². The van der Waals surface area contributed by atoms with Crippen molar-refractivity contribution in [2.45, 2.75) is 6.42 Å². The zero-order chi connectivity index (χ0) is 8.81. The lowest BCUT2D eigenvalue weighted by molar-refractivity contribution is -0.116. The SMILES string of the molecule is CNCCC(=O)Nc1ccsc1. The first-order valence-corrected chi connectivity index (χ1v) is 4.74. The largest absolute Gasteiger partial charge is 0.325 e. The third kappa shape index (κ3) is 3.02. The summed E-state index contributed by atoms with van der Waals surface area (Å²) in [6.07, 6.45) is 0.520. The smallest absolute Gasteiger partial charge is 0.225 e. The molecule has 1 amide bonds. The Bertz CT molecular complexity index is 233. The molecular formula is C8H12N2OS. The molecular weight excluding hydrogens is 172 g/mol. The molecule has 0 fully saturated rings. The van der Waals surface area contributed by atoms with E-state index in [0.717, 1.165) is 12.2 Å². The van der Waals surface area contributed by atoms with E-state index in [1.54, 1.807) is 11.3 Å². The average Bonchev–Trinajstić information content (AvgIpc) is 2.53. The molecule has 1 heterocycles. The first-order valence-electron chi connectivity index (χ1n) is 3.79. The monoisotopic (exact) mass is 184 g/mol. The maximum Gasteiger partial charge on any atom is 0.225 e. The fraction of sp³-hybridized carbons (Fsp3) is 0.375. The Morgan fingerprint density at radius 3 is 3.08 bits per heavy atom. The molecule has 3 nitrogen and oxygen atoms in total. The Hall–Kier alpha value is -0.870. The van der Waals surface area contributed by atoms with E-state index in [1.165, 1.54) is 0 Å². The summed E-state index contributed by atoms with van der Waals surface area (Å²) in [7, 11) is 1.83. The van der Waals surface area contributed by atoms with Crippen LogP contribution in [0, 0.1) is 0 Å². The van der Waals surface area contributed by atoms with E-state index in [4.69, 9.17) is 0 Å². The first-order chi connectivity index (χ1) is 5.83. The van der Waals surface area contributed by atoms with Gasteiger partial charge in [0.1, 0.15) is 0 Å². The summed E-state index contributed by atoms with van der Waals surface area (Å²) >= 11 is 1.58. The third-order valence-corrected chi connectivity index (χ3v) is 2.09. The number of anilines is 1. The highest BCUT2D eigenvalue weighted by molar-refractivity contribution is 7.08. The van der Waals surface area contributed by atoms with Gasteiger partial charge in [-0.05, 0) is 18.5 Å². The van der Waals surface area contributed by atoms with E-state index in [-0.39, 0.29) is 5.91 Å². The van der Waals surface area contributed by atoms with Gasteiger partial charge in [0, 0.05) is 18.3 Å². The van der Waals surface area contributed by atoms with Gasteiger partial charge in [-0.3, -0.25) is 4.79 Å². The van der Waals surface area contributed by atoms with E-state index in [9.17, 15) is 4.79 Å². The minimum Gasteiger partial charge on any atom is -0.325 e. The molecule has 0 aliphatic heterocycles. The number of hydrogen-bond donors (Lipinski definition) is 2. The summed E-state index contributed by atoms with van der Waals surface area (Å²) in [4.78, 5) is 11.1. The first kappa shape index (κ1) is 9.22. The minimum absolute atomic E-state index is 0.0581. The molecule has 0 bridgehead atoms. The molecule has 1 aromatic heterocycles. The topological polar surface area (TPSA) is 41.1 Å². The fourth-order valence-corrected chi connectivity index (χ4v) is 1.39. The van der Waals surface area contributed by atoms with Crippen molar-refractivity contribution in [3.05, 3.63) is 16.8 Å². The highest BCUT2D eigenvalue weighted by Gasteiger charge is 2.00. The minimum atomic E-state index is 0.0581. The van der Waals surface area contributed by atoms with Crippen LogP contribution in [0.5, 0.6) is 0 Å². The van der Waals surface area contributed by atoms with Crippen molar-refractivity contribution in [3.8, 4) is 0 Å². The molecule has 0 unspecified atom stereocenters. The van der Waals surface area contributed by atoms with Crippen molar-refractivity contribution in [2.75, 3.05) is 18.9 Å². The standard InChI is InChI=1S/C8H12N2OS/c1-9-4-2-8(11)10-7-3-5-12-6-7/h3,5-6,9H,2,4H2,1H3,(H,10,11). The Kier molecular flexibility index (Phi) is 3.76. The summed E-state index contributed by atoms with van der Waals surface area (Å²) in [6.45, 7) is 0.718. The second kappa shape index (κ2) is 4.90. The van der Waals surface area contributed by atoms with Gasteiger partial charge in [0.25, 0.3) is 0 Å². The normalized spacial score (nSPS) is 9.75. The van der Waals surface area contributed by atoms with E-state index < -0.39 is 0 Å². The van der Waals surface area contributed by atoms with E-state index in [0.29, 0.717) is 6.42 Å². The molecule has 4 heteroatoms. The molecule has 0 aliphatic carbocycles. The van der Waals surface area contributed by atoms with Gasteiger partial charge in [-0.25, -0.2) is 0 Å². The molecule has 1 rings (SSSR count). The van der Waals surface area contributed by atoms with E-state index >= 15 is 0 Å². The Morgan fingerprint density at radius 1 is 1.67 bits per heavy atom. The number of hydrogen-bond acceptors (Lipinski definition) is 3. The van der Waals surface area contributed by atoms with Crippen molar-refractivity contribution >= 4 is 22.9 Å². The zero-order valence-electron chi connectivity index (χ0n) is 6.96. The molecule has 66 valence electrons. The lowest BCUT2D eigenvalue weighted by Gasteiger charge is -2.00. The summed E-state index contributed by atoms with van der Waals surface area (Å²) < 4.78 is 0. The van der Waals surface area contributed by atoms with Crippen LogP contribution in [-0.2, 0) is 4.79 Å². The molecule has 0 radical (unpaired) electrons. The Balaban J connectivity index is 2.27. The highest BCUT2D eigenvalue weighted by atomic mass is 32.1. The molecule has 0 atom stereocenters. The quantitative estimate of drug-likeness (QED) is 0.740. The van der Waals surface area contributed by atoms with Crippen molar-refractivity contribution < 1.29 is 4.79 Å². The van der Waals surface area contributed by atoms with Crippen molar-refractivity contribution in [1.29, 1.82) is 0 Å². The van der Waals surface area contributed by atoms with Gasteiger partial charge in [-0.1, -0.05) is 0 Å². The number of nitrogens with one attached hydrogen (secondary N) is 2. The molecule has 2 N–H and O–H groups in total. The fourth-order valence-electron chi connectivity index (χ4n) is 0.798. The molecule has 1 aromatic rings. The highest BCUT2D eigenvalue weighted by Crippen LogP contribution is 2.11. The van der Waals surface area contributed by atoms with Crippen molar-refractivity contribution in [3.63, 3.8) is 0 Å². The third-order valence-electron chi connectivity index (χ3n) is 1.41. The summed E-state index contributed by atoms with van der Waals surface area (Å²) in [5.41, 5.74) is 0.890. The number of carbonyl (C=O) groups is 1. The lowest BCUT2D eigenvalue weighted by atomic mass is 10.4. The molecule has 0 aromatic carbocycles. The Morgan fingerprint density at radius 2 is 2.50 bits per heavy atom. The average molecular weight is 184 g/mol. The maximum absolute atomic E-state index is 11.1.